The van der Waals surface area contributed by atoms with E-state index < -0.39 is 0 Å². The molecule has 1 aliphatic rings. The molecule has 4 nitrogen and oxygen atoms in total. The Kier molecular flexibility index (Phi) is 3.67. The van der Waals surface area contributed by atoms with Crippen molar-refractivity contribution in [1.29, 1.82) is 0 Å². The lowest BCUT2D eigenvalue weighted by Gasteiger charge is -2.13. The standard InChI is InChI=1S/C13H14N4.ClH/c1-14-12-7-13-15-8-11(17(13)9-16-12)10-5-3-2-4-6-10;/h2-7,9,11,15H,8H2,1H3;1H. The van der Waals surface area contributed by atoms with Gasteiger partial charge in [0.05, 0.1) is 12.4 Å². The zero-order valence-electron chi connectivity index (χ0n) is 10.1. The third kappa shape index (κ3) is 2.11. The van der Waals surface area contributed by atoms with E-state index in [-0.39, 0.29) is 12.4 Å². The molecule has 2 heterocycles. The zero-order valence-corrected chi connectivity index (χ0v) is 10.9. The highest BCUT2D eigenvalue weighted by Crippen LogP contribution is 2.26. The molecule has 2 aromatic rings. The van der Waals surface area contributed by atoms with E-state index in [2.05, 4.69) is 44.1 Å². The second-order valence-electron chi connectivity index (χ2n) is 4.07. The summed E-state index contributed by atoms with van der Waals surface area (Å²) in [5.41, 5.74) is 2.06. The van der Waals surface area contributed by atoms with E-state index in [1.807, 2.05) is 18.5 Å². The summed E-state index contributed by atoms with van der Waals surface area (Å²) in [6.45, 7) is 0.902. The second kappa shape index (κ2) is 5.23. The van der Waals surface area contributed by atoms with Crippen molar-refractivity contribution in [2.75, 3.05) is 18.9 Å². The predicted octanol–water partition coefficient (Wildman–Crippen LogP) is 1.85. The fraction of sp³-hybridized carbons (Fsp3) is 0.231. The molecule has 0 radical (unpaired) electrons. The summed E-state index contributed by atoms with van der Waals surface area (Å²) >= 11 is 0. The molecule has 0 spiro atoms. The van der Waals surface area contributed by atoms with Crippen LogP contribution in [-0.2, 0) is 0 Å². The van der Waals surface area contributed by atoms with Crippen molar-refractivity contribution in [3.05, 3.63) is 53.8 Å². The van der Waals surface area contributed by atoms with Crippen LogP contribution in [0.2, 0.25) is 0 Å². The lowest BCUT2D eigenvalue weighted by Crippen LogP contribution is -2.13. The van der Waals surface area contributed by atoms with Crippen molar-refractivity contribution in [2.24, 2.45) is 4.99 Å². The summed E-state index contributed by atoms with van der Waals surface area (Å²) in [5.74, 6) is 1.08. The molecule has 0 saturated heterocycles. The van der Waals surface area contributed by atoms with Gasteiger partial charge in [-0.05, 0) is 5.56 Å². The number of nitrogens with one attached hydrogen (secondary N) is 1. The van der Waals surface area contributed by atoms with Crippen LogP contribution in [0.15, 0.2) is 47.7 Å². The van der Waals surface area contributed by atoms with E-state index in [9.17, 15) is 0 Å². The van der Waals surface area contributed by atoms with Gasteiger partial charge in [-0.15, -0.1) is 12.4 Å². The molecule has 1 aliphatic heterocycles. The minimum atomic E-state index is 0. The topological polar surface area (TPSA) is 42.2 Å². The summed E-state index contributed by atoms with van der Waals surface area (Å²) in [5, 5.41) is 3.39. The molecule has 0 saturated carbocycles. The van der Waals surface area contributed by atoms with Crippen LogP contribution < -0.4 is 10.8 Å². The average molecular weight is 263 g/mol. The number of halogens is 1. The Bertz CT molecular complexity index is 591. The summed E-state index contributed by atoms with van der Waals surface area (Å²) in [7, 11) is 1.75. The minimum Gasteiger partial charge on any atom is -0.369 e. The monoisotopic (exact) mass is 262 g/mol. The van der Waals surface area contributed by atoms with Crippen molar-refractivity contribution in [3.63, 3.8) is 0 Å². The second-order valence-corrected chi connectivity index (χ2v) is 4.07. The van der Waals surface area contributed by atoms with Gasteiger partial charge < -0.3 is 9.88 Å². The summed E-state index contributed by atoms with van der Waals surface area (Å²) < 4.78 is 2.16. The molecule has 0 aliphatic carbocycles. The first-order chi connectivity index (χ1) is 8.38. The molecule has 5 heteroatoms. The molecular formula is C13H15ClN4. The maximum Gasteiger partial charge on any atom is 0.152 e. The highest BCUT2D eigenvalue weighted by atomic mass is 35.5. The van der Waals surface area contributed by atoms with Gasteiger partial charge in [-0.1, -0.05) is 30.3 Å². The lowest BCUT2D eigenvalue weighted by atomic mass is 10.1. The third-order valence-electron chi connectivity index (χ3n) is 3.08. The fourth-order valence-corrected chi connectivity index (χ4v) is 2.18. The van der Waals surface area contributed by atoms with Crippen LogP contribution in [-0.4, -0.2) is 23.1 Å². The molecule has 1 atom stereocenters. The lowest BCUT2D eigenvalue weighted by molar-refractivity contribution is 0.653. The Morgan fingerprint density at radius 2 is 2.11 bits per heavy atom. The number of nitrogens with zero attached hydrogens (tertiary/aromatic N) is 3. The van der Waals surface area contributed by atoms with Crippen molar-refractivity contribution < 1.29 is 0 Å². The van der Waals surface area contributed by atoms with Crippen LogP contribution in [0.1, 0.15) is 11.6 Å². The Balaban J connectivity index is 0.00000120. The van der Waals surface area contributed by atoms with Crippen molar-refractivity contribution in [3.8, 4) is 0 Å². The summed E-state index contributed by atoms with van der Waals surface area (Å²) in [6, 6.07) is 12.8. The van der Waals surface area contributed by atoms with E-state index in [1.165, 1.54) is 5.56 Å². The van der Waals surface area contributed by atoms with E-state index in [0.29, 0.717) is 6.04 Å². The molecule has 1 aromatic heterocycles. The highest BCUT2D eigenvalue weighted by molar-refractivity contribution is 5.85. The molecule has 94 valence electrons. The minimum absolute atomic E-state index is 0. The van der Waals surface area contributed by atoms with Gasteiger partial charge >= 0.3 is 0 Å². The largest absolute Gasteiger partial charge is 0.369 e. The molecule has 1 N–H and O–H groups in total. The van der Waals surface area contributed by atoms with Crippen molar-refractivity contribution >= 4 is 18.2 Å². The number of anilines is 1. The summed E-state index contributed by atoms with van der Waals surface area (Å²) in [4.78, 5) is 8.38. The smallest absolute Gasteiger partial charge is 0.152 e. The van der Waals surface area contributed by atoms with Crippen LogP contribution >= 0.6 is 12.4 Å². The van der Waals surface area contributed by atoms with Crippen LogP contribution in [0.25, 0.3) is 0 Å². The Labute approximate surface area is 112 Å². The maximum absolute atomic E-state index is 4.30. The number of fused-ring (bicyclic) bond motifs is 1. The van der Waals surface area contributed by atoms with E-state index in [1.54, 1.807) is 7.05 Å². The average Bonchev–Trinajstić information content (AvgIpc) is 2.82. The zero-order chi connectivity index (χ0) is 11.7. The van der Waals surface area contributed by atoms with Crippen molar-refractivity contribution in [2.45, 2.75) is 6.04 Å². The predicted molar refractivity (Wildman–Crippen MR) is 74.0 cm³/mol. The van der Waals surface area contributed by atoms with Crippen LogP contribution in [0.3, 0.4) is 0 Å². The van der Waals surface area contributed by atoms with E-state index in [4.69, 9.17) is 0 Å². The molecular weight excluding hydrogens is 248 g/mol. The molecule has 0 fully saturated rings. The van der Waals surface area contributed by atoms with Gasteiger partial charge in [-0.25, -0.2) is 4.98 Å². The number of aromatic nitrogens is 2. The first kappa shape index (κ1) is 12.6. The van der Waals surface area contributed by atoms with Crippen molar-refractivity contribution in [1.82, 2.24) is 9.55 Å². The Morgan fingerprint density at radius 3 is 2.83 bits per heavy atom. The first-order valence-corrected chi connectivity index (χ1v) is 5.68. The number of hydrogen-bond donors (Lipinski definition) is 1. The van der Waals surface area contributed by atoms with Gasteiger partial charge in [0.25, 0.3) is 0 Å². The van der Waals surface area contributed by atoms with E-state index in [0.717, 1.165) is 17.9 Å². The van der Waals surface area contributed by atoms with Gasteiger partial charge in [0.1, 0.15) is 5.82 Å². The van der Waals surface area contributed by atoms with Gasteiger partial charge in [0, 0.05) is 19.7 Å². The number of rotatable bonds is 1. The molecule has 1 aromatic carbocycles. The quantitative estimate of drug-likeness (QED) is 0.852. The first-order valence-electron chi connectivity index (χ1n) is 5.68. The molecule has 18 heavy (non-hydrogen) atoms. The van der Waals surface area contributed by atoms with Crippen LogP contribution in [0.5, 0.6) is 0 Å². The SMILES string of the molecule is CN=c1cc2n(cn1)C(c1ccccc1)CN2.Cl. The normalized spacial score (nSPS) is 17.8. The third-order valence-corrected chi connectivity index (χ3v) is 3.08. The molecule has 0 amide bonds. The molecule has 1 unspecified atom stereocenters. The molecule has 3 rings (SSSR count). The van der Waals surface area contributed by atoms with Crippen LogP contribution in [0, 0.1) is 0 Å². The van der Waals surface area contributed by atoms with Crippen LogP contribution in [0.4, 0.5) is 5.82 Å². The Morgan fingerprint density at radius 1 is 1.33 bits per heavy atom. The fourth-order valence-electron chi connectivity index (χ4n) is 2.18. The van der Waals surface area contributed by atoms with Gasteiger partial charge in [-0.2, -0.15) is 0 Å². The number of benzene rings is 1. The van der Waals surface area contributed by atoms with E-state index >= 15 is 0 Å². The number of hydrogen-bond acceptors (Lipinski definition) is 3. The highest BCUT2D eigenvalue weighted by Gasteiger charge is 2.21. The van der Waals surface area contributed by atoms with Gasteiger partial charge in [0.2, 0.25) is 0 Å². The van der Waals surface area contributed by atoms with Gasteiger partial charge in [-0.3, -0.25) is 4.99 Å². The maximum atomic E-state index is 4.30. The Hall–Kier alpha value is -1.81. The molecule has 0 bridgehead atoms. The summed E-state index contributed by atoms with van der Waals surface area (Å²) in [6.07, 6.45) is 1.86. The van der Waals surface area contributed by atoms with Gasteiger partial charge in [0.15, 0.2) is 5.49 Å².